The van der Waals surface area contributed by atoms with Gasteiger partial charge in [0.05, 0.1) is 22.3 Å². The van der Waals surface area contributed by atoms with Crippen molar-refractivity contribution in [1.29, 1.82) is 0 Å². The van der Waals surface area contributed by atoms with Gasteiger partial charge in [0.15, 0.2) is 5.82 Å². The molecule has 0 bridgehead atoms. The Bertz CT molecular complexity index is 1490. The third kappa shape index (κ3) is 4.87. The molecular formula is C22H18Cl2FN5O3S2. The number of nitrogens with one attached hydrogen (secondary N) is 1. The molecule has 1 N–H and O–H groups in total. The molecule has 2 aromatic carbocycles. The number of sulfonamides is 1. The molecule has 8 nitrogen and oxygen atoms in total. The van der Waals surface area contributed by atoms with Crippen LogP contribution in [-0.2, 0) is 10.0 Å². The Kier molecular flexibility index (Phi) is 6.45. The summed E-state index contributed by atoms with van der Waals surface area (Å²) in [6.45, 7) is 1.71. The van der Waals surface area contributed by atoms with Gasteiger partial charge in [-0.05, 0) is 37.4 Å². The minimum absolute atomic E-state index is 0.0465. The van der Waals surface area contributed by atoms with Gasteiger partial charge in [0, 0.05) is 41.3 Å². The van der Waals surface area contributed by atoms with E-state index in [2.05, 4.69) is 19.7 Å². The van der Waals surface area contributed by atoms with Crippen molar-refractivity contribution in [2.45, 2.75) is 10.9 Å². The predicted octanol–water partition coefficient (Wildman–Crippen LogP) is 5.53. The Morgan fingerprint density at radius 3 is 2.69 bits per heavy atom. The number of likely N-dealkylation sites (N-methyl/N-ethyl adjacent to an activating group) is 1. The van der Waals surface area contributed by atoms with Crippen molar-refractivity contribution < 1.29 is 17.5 Å². The lowest BCUT2D eigenvalue weighted by atomic mass is 10.1. The number of hydrogen-bond donors (Lipinski definition) is 1. The minimum Gasteiger partial charge on any atom is -0.455 e. The lowest BCUT2D eigenvalue weighted by molar-refractivity contribution is 0.132. The van der Waals surface area contributed by atoms with E-state index in [1.807, 2.05) is 17.8 Å². The summed E-state index contributed by atoms with van der Waals surface area (Å²) >= 11 is 13.8. The maximum atomic E-state index is 14.9. The zero-order chi connectivity index (χ0) is 24.7. The van der Waals surface area contributed by atoms with E-state index in [4.69, 9.17) is 27.9 Å². The van der Waals surface area contributed by atoms with Gasteiger partial charge in [0.1, 0.15) is 22.2 Å². The topological polar surface area (TPSA) is 89.4 Å². The molecule has 182 valence electrons. The van der Waals surface area contributed by atoms with Crippen LogP contribution in [0.3, 0.4) is 0 Å². The van der Waals surface area contributed by atoms with Gasteiger partial charge < -0.3 is 9.64 Å². The smallest absolute Gasteiger partial charge is 0.266 e. The van der Waals surface area contributed by atoms with Crippen LogP contribution < -0.4 is 9.46 Å². The third-order valence-corrected chi connectivity index (χ3v) is 7.93. The molecule has 35 heavy (non-hydrogen) atoms. The largest absolute Gasteiger partial charge is 0.455 e. The van der Waals surface area contributed by atoms with E-state index in [9.17, 15) is 12.8 Å². The number of nitrogens with zero attached hydrogens (tertiary/aromatic N) is 4. The number of likely N-dealkylation sites (tertiary alicyclic amines) is 1. The van der Waals surface area contributed by atoms with Crippen LogP contribution in [0.4, 0.5) is 10.2 Å². The number of aromatic nitrogens is 3. The van der Waals surface area contributed by atoms with Crippen LogP contribution in [0.2, 0.25) is 10.0 Å². The zero-order valence-corrected chi connectivity index (χ0v) is 21.3. The van der Waals surface area contributed by atoms with Crippen LogP contribution in [-0.4, -0.2) is 48.2 Å². The van der Waals surface area contributed by atoms with Gasteiger partial charge in [0.2, 0.25) is 0 Å². The minimum atomic E-state index is -4.25. The molecule has 0 atom stereocenters. The monoisotopic (exact) mass is 553 g/mol. The van der Waals surface area contributed by atoms with Crippen molar-refractivity contribution in [3.05, 3.63) is 69.3 Å². The molecule has 0 aliphatic carbocycles. The highest BCUT2D eigenvalue weighted by atomic mass is 35.5. The Balaban J connectivity index is 1.48. The molecule has 1 aliphatic heterocycles. The summed E-state index contributed by atoms with van der Waals surface area (Å²) in [6, 6.07) is 9.00. The molecule has 1 aliphatic rings. The van der Waals surface area contributed by atoms with Crippen LogP contribution in [0.25, 0.3) is 11.3 Å². The van der Waals surface area contributed by atoms with Gasteiger partial charge in [-0.2, -0.15) is 5.10 Å². The fourth-order valence-corrected chi connectivity index (χ4v) is 5.88. The van der Waals surface area contributed by atoms with Crippen molar-refractivity contribution in [2.75, 3.05) is 24.9 Å². The van der Waals surface area contributed by atoms with Gasteiger partial charge in [-0.1, -0.05) is 23.2 Å². The van der Waals surface area contributed by atoms with Gasteiger partial charge in [-0.15, -0.1) is 11.3 Å². The summed E-state index contributed by atoms with van der Waals surface area (Å²) in [6.07, 6.45) is 1.69. The molecule has 4 aromatic rings. The molecule has 3 heterocycles. The molecule has 0 unspecified atom stereocenters. The maximum Gasteiger partial charge on any atom is 0.266 e. The fraction of sp³-hybridized carbons (Fsp3) is 0.182. The highest BCUT2D eigenvalue weighted by Crippen LogP contribution is 2.40. The fourth-order valence-electron chi connectivity index (χ4n) is 3.80. The predicted molar refractivity (Wildman–Crippen MR) is 134 cm³/mol. The van der Waals surface area contributed by atoms with Crippen LogP contribution in [0, 0.1) is 5.82 Å². The van der Waals surface area contributed by atoms with Crippen molar-refractivity contribution in [2.24, 2.45) is 0 Å². The maximum absolute atomic E-state index is 14.9. The molecule has 13 heteroatoms. The number of ether oxygens (including phenoxy) is 1. The number of anilines is 1. The summed E-state index contributed by atoms with van der Waals surface area (Å²) < 4.78 is 50.3. The van der Waals surface area contributed by atoms with Crippen molar-refractivity contribution >= 4 is 50.4 Å². The number of rotatable bonds is 7. The Hall–Kier alpha value is -2.70. The quantitative estimate of drug-likeness (QED) is 0.323. The summed E-state index contributed by atoms with van der Waals surface area (Å²) in [5.74, 6) is -0.618. The van der Waals surface area contributed by atoms with E-state index in [0.717, 1.165) is 30.9 Å². The average Bonchev–Trinajstić information content (AvgIpc) is 3.46. The molecule has 0 radical (unpaired) electrons. The zero-order valence-electron chi connectivity index (χ0n) is 18.2. The van der Waals surface area contributed by atoms with E-state index < -0.39 is 20.7 Å². The normalized spacial score (nSPS) is 14.6. The van der Waals surface area contributed by atoms with Crippen molar-refractivity contribution in [3.8, 4) is 22.8 Å². The molecule has 1 saturated heterocycles. The van der Waals surface area contributed by atoms with E-state index in [1.54, 1.807) is 24.4 Å². The number of hydrogen-bond acceptors (Lipinski definition) is 7. The van der Waals surface area contributed by atoms with E-state index in [1.165, 1.54) is 22.2 Å². The summed E-state index contributed by atoms with van der Waals surface area (Å²) in [4.78, 5) is 5.41. The van der Waals surface area contributed by atoms with Gasteiger partial charge >= 0.3 is 0 Å². The Labute approximate surface area is 214 Å². The second-order valence-electron chi connectivity index (χ2n) is 7.97. The summed E-state index contributed by atoms with van der Waals surface area (Å²) in [5.41, 5.74) is 2.88. The molecular weight excluding hydrogens is 536 g/mol. The standard InChI is InChI=1S/C22H18Cl2FN5O3S2/c1-29-9-14(10-29)30-18(4-5-27-30)15-6-13(23)2-3-19(15)33-20-8-17(25)21(7-16(20)24)35(31,32)28-22-11-34-12-26-22/h2-8,11-12,14,28H,9-10H2,1H3. The third-order valence-electron chi connectivity index (χ3n) is 5.45. The molecule has 0 spiro atoms. The number of thiazole rings is 1. The van der Waals surface area contributed by atoms with Crippen LogP contribution in [0.1, 0.15) is 6.04 Å². The first-order valence-corrected chi connectivity index (χ1v) is 13.5. The van der Waals surface area contributed by atoms with Crippen molar-refractivity contribution in [1.82, 2.24) is 19.7 Å². The number of halogens is 3. The second kappa shape index (κ2) is 9.40. The lowest BCUT2D eigenvalue weighted by Crippen LogP contribution is -2.45. The summed E-state index contributed by atoms with van der Waals surface area (Å²) in [5, 5.41) is 6.34. The van der Waals surface area contributed by atoms with E-state index >= 15 is 0 Å². The summed E-state index contributed by atoms with van der Waals surface area (Å²) in [7, 11) is -2.22. The number of benzene rings is 2. The SMILES string of the molecule is CN1CC(n2nccc2-c2cc(Cl)ccc2Oc2cc(F)c(S(=O)(=O)Nc3cscn3)cc2Cl)C1. The molecule has 0 saturated carbocycles. The van der Waals surface area contributed by atoms with Crippen molar-refractivity contribution in [3.63, 3.8) is 0 Å². The van der Waals surface area contributed by atoms with Crippen LogP contribution >= 0.6 is 34.5 Å². The lowest BCUT2D eigenvalue weighted by Gasteiger charge is -2.37. The molecule has 1 fully saturated rings. The highest BCUT2D eigenvalue weighted by Gasteiger charge is 2.28. The first kappa shape index (κ1) is 24.0. The van der Waals surface area contributed by atoms with Gasteiger partial charge in [0.25, 0.3) is 10.0 Å². The van der Waals surface area contributed by atoms with Crippen LogP contribution in [0.5, 0.6) is 11.5 Å². The molecule has 5 rings (SSSR count). The van der Waals surface area contributed by atoms with E-state index in [-0.39, 0.29) is 22.6 Å². The van der Waals surface area contributed by atoms with E-state index in [0.29, 0.717) is 16.3 Å². The van der Waals surface area contributed by atoms with Gasteiger partial charge in [-0.3, -0.25) is 9.40 Å². The first-order valence-electron chi connectivity index (χ1n) is 10.3. The average molecular weight is 554 g/mol. The first-order chi connectivity index (χ1) is 16.7. The second-order valence-corrected chi connectivity index (χ2v) is 11.2. The van der Waals surface area contributed by atoms with Crippen LogP contribution in [0.15, 0.2) is 58.4 Å². The Morgan fingerprint density at radius 2 is 1.97 bits per heavy atom. The van der Waals surface area contributed by atoms with Gasteiger partial charge in [-0.25, -0.2) is 17.8 Å². The Morgan fingerprint density at radius 1 is 1.17 bits per heavy atom. The highest BCUT2D eigenvalue weighted by molar-refractivity contribution is 7.92. The molecule has 2 aromatic heterocycles. The molecule has 0 amide bonds.